The molecule has 0 saturated heterocycles. The topological polar surface area (TPSA) is 105 Å². The summed E-state index contributed by atoms with van der Waals surface area (Å²) in [6.45, 7) is 2.18. The van der Waals surface area contributed by atoms with Crippen LogP contribution < -0.4 is 15.5 Å². The first-order valence-corrected chi connectivity index (χ1v) is 11.2. The monoisotopic (exact) mass is 438 g/mol. The van der Waals surface area contributed by atoms with E-state index in [9.17, 15) is 14.7 Å². The number of nitrogens with one attached hydrogen (secondary N) is 2. The van der Waals surface area contributed by atoms with E-state index in [2.05, 4.69) is 10.3 Å². The fraction of sp³-hybridized carbons (Fsp3) is 0.440. The lowest BCUT2D eigenvalue weighted by molar-refractivity contribution is -0.122. The standard InChI is InChI=1S/C25H30N2O5/c1-16-12-21(28)23(30)24(32-16)25(9-4-3-5-10-25)14-22(29)26-11-8-17-15-27-20-7-6-18(31-2)13-19(17)20/h6-7,12-13,15,27,30H,3-5,8-11,14H2,1-2H3,(H,26,29). The average Bonchev–Trinajstić information content (AvgIpc) is 3.19. The van der Waals surface area contributed by atoms with E-state index in [0.717, 1.165) is 41.5 Å². The molecule has 7 heteroatoms. The number of aromatic amines is 1. The van der Waals surface area contributed by atoms with Crippen LogP contribution in [0.3, 0.4) is 0 Å². The van der Waals surface area contributed by atoms with Gasteiger partial charge >= 0.3 is 0 Å². The van der Waals surface area contributed by atoms with Gasteiger partial charge in [-0.3, -0.25) is 9.59 Å². The Hall–Kier alpha value is -3.22. The van der Waals surface area contributed by atoms with Crippen molar-refractivity contribution < 1.29 is 19.1 Å². The van der Waals surface area contributed by atoms with Gasteiger partial charge in [-0.05, 0) is 49.9 Å². The number of ether oxygens (including phenoxy) is 1. The summed E-state index contributed by atoms with van der Waals surface area (Å²) in [5.74, 6) is 1.04. The molecule has 32 heavy (non-hydrogen) atoms. The number of H-pyrrole nitrogens is 1. The smallest absolute Gasteiger partial charge is 0.227 e. The van der Waals surface area contributed by atoms with Crippen molar-refractivity contribution in [3.63, 3.8) is 0 Å². The van der Waals surface area contributed by atoms with Crippen LogP contribution in [0.1, 0.15) is 55.6 Å². The molecule has 0 bridgehead atoms. The molecule has 170 valence electrons. The van der Waals surface area contributed by atoms with Gasteiger partial charge in [0.05, 0.1) is 7.11 Å². The largest absolute Gasteiger partial charge is 0.502 e. The van der Waals surface area contributed by atoms with Crippen LogP contribution in [0.2, 0.25) is 0 Å². The molecule has 2 aromatic heterocycles. The number of amides is 1. The number of carbonyl (C=O) groups excluding carboxylic acids is 1. The fourth-order valence-corrected chi connectivity index (χ4v) is 4.87. The summed E-state index contributed by atoms with van der Waals surface area (Å²) < 4.78 is 11.1. The van der Waals surface area contributed by atoms with Crippen molar-refractivity contribution in [3.8, 4) is 11.5 Å². The zero-order valence-electron chi connectivity index (χ0n) is 18.6. The van der Waals surface area contributed by atoms with Crippen molar-refractivity contribution >= 4 is 16.8 Å². The number of aromatic hydroxyl groups is 1. The van der Waals surface area contributed by atoms with E-state index in [1.54, 1.807) is 14.0 Å². The van der Waals surface area contributed by atoms with Gasteiger partial charge < -0.3 is 24.6 Å². The van der Waals surface area contributed by atoms with Gasteiger partial charge in [-0.1, -0.05) is 19.3 Å². The van der Waals surface area contributed by atoms with E-state index < -0.39 is 10.8 Å². The van der Waals surface area contributed by atoms with Gasteiger partial charge in [-0.2, -0.15) is 0 Å². The van der Waals surface area contributed by atoms with Gasteiger partial charge in [0.1, 0.15) is 11.5 Å². The van der Waals surface area contributed by atoms with E-state index in [-0.39, 0.29) is 23.8 Å². The van der Waals surface area contributed by atoms with Crippen molar-refractivity contribution in [2.75, 3.05) is 13.7 Å². The number of benzene rings is 1. The molecule has 1 aliphatic carbocycles. The van der Waals surface area contributed by atoms with Crippen LogP contribution in [0, 0.1) is 6.92 Å². The maximum atomic E-state index is 12.9. The zero-order chi connectivity index (χ0) is 22.7. The summed E-state index contributed by atoms with van der Waals surface area (Å²) in [4.78, 5) is 28.3. The minimum atomic E-state index is -0.647. The Kier molecular flexibility index (Phi) is 6.26. The van der Waals surface area contributed by atoms with E-state index in [1.165, 1.54) is 6.07 Å². The van der Waals surface area contributed by atoms with Gasteiger partial charge in [0.15, 0.2) is 5.76 Å². The molecule has 0 aliphatic heterocycles. The quantitative estimate of drug-likeness (QED) is 0.515. The summed E-state index contributed by atoms with van der Waals surface area (Å²) >= 11 is 0. The van der Waals surface area contributed by atoms with Crippen LogP contribution in [-0.2, 0) is 16.6 Å². The lowest BCUT2D eigenvalue weighted by Crippen LogP contribution is -2.38. The number of methoxy groups -OCH3 is 1. The maximum absolute atomic E-state index is 12.9. The Balaban J connectivity index is 1.47. The molecular weight excluding hydrogens is 408 g/mol. The highest BCUT2D eigenvalue weighted by molar-refractivity contribution is 5.84. The molecule has 2 heterocycles. The maximum Gasteiger partial charge on any atom is 0.227 e. The van der Waals surface area contributed by atoms with Crippen molar-refractivity contribution in [3.05, 3.63) is 57.8 Å². The van der Waals surface area contributed by atoms with Crippen molar-refractivity contribution in [1.29, 1.82) is 0 Å². The molecule has 1 aromatic carbocycles. The van der Waals surface area contributed by atoms with Crippen molar-refractivity contribution in [2.24, 2.45) is 0 Å². The zero-order valence-corrected chi connectivity index (χ0v) is 18.6. The van der Waals surface area contributed by atoms with E-state index >= 15 is 0 Å². The highest BCUT2D eigenvalue weighted by Gasteiger charge is 2.41. The Morgan fingerprint density at radius 3 is 2.78 bits per heavy atom. The Labute approximate surface area is 186 Å². The molecule has 1 aliphatic rings. The molecule has 7 nitrogen and oxygen atoms in total. The summed E-state index contributed by atoms with van der Waals surface area (Å²) in [5, 5.41) is 14.5. The van der Waals surface area contributed by atoms with Crippen LogP contribution in [-0.4, -0.2) is 29.7 Å². The Morgan fingerprint density at radius 2 is 2.03 bits per heavy atom. The summed E-state index contributed by atoms with van der Waals surface area (Å²) in [5.41, 5.74) is 1.03. The van der Waals surface area contributed by atoms with Crippen LogP contribution >= 0.6 is 0 Å². The van der Waals surface area contributed by atoms with Crippen molar-refractivity contribution in [2.45, 2.75) is 57.3 Å². The molecule has 0 radical (unpaired) electrons. The molecular formula is C25H30N2O5. The number of hydrogen-bond acceptors (Lipinski definition) is 5. The van der Waals surface area contributed by atoms with E-state index in [0.29, 0.717) is 31.6 Å². The van der Waals surface area contributed by atoms with Crippen LogP contribution in [0.5, 0.6) is 11.5 Å². The molecule has 0 spiro atoms. The lowest BCUT2D eigenvalue weighted by Gasteiger charge is -2.36. The van der Waals surface area contributed by atoms with Gasteiger partial charge in [0, 0.05) is 41.5 Å². The number of rotatable bonds is 7. The average molecular weight is 439 g/mol. The third kappa shape index (κ3) is 4.38. The molecule has 1 amide bonds. The first kappa shape index (κ1) is 22.0. The molecule has 3 aromatic rings. The van der Waals surface area contributed by atoms with Crippen molar-refractivity contribution in [1.82, 2.24) is 10.3 Å². The van der Waals surface area contributed by atoms with Crippen LogP contribution in [0.4, 0.5) is 0 Å². The second kappa shape index (κ2) is 9.10. The SMILES string of the molecule is COc1ccc2[nH]cc(CCNC(=O)CC3(c4oc(C)cc(=O)c4O)CCCCC3)c2c1. The third-order valence-corrected chi connectivity index (χ3v) is 6.53. The summed E-state index contributed by atoms with van der Waals surface area (Å²) in [7, 11) is 1.64. The summed E-state index contributed by atoms with van der Waals surface area (Å²) in [6.07, 6.45) is 7.18. The van der Waals surface area contributed by atoms with E-state index in [1.807, 2.05) is 24.4 Å². The van der Waals surface area contributed by atoms with Gasteiger partial charge in [-0.25, -0.2) is 0 Å². The highest BCUT2D eigenvalue weighted by atomic mass is 16.5. The molecule has 3 N–H and O–H groups in total. The number of hydrogen-bond donors (Lipinski definition) is 3. The second-order valence-electron chi connectivity index (χ2n) is 8.74. The summed E-state index contributed by atoms with van der Waals surface area (Å²) in [6, 6.07) is 7.16. The fourth-order valence-electron chi connectivity index (χ4n) is 4.87. The molecule has 4 rings (SSSR count). The van der Waals surface area contributed by atoms with Gasteiger partial charge in [0.2, 0.25) is 17.1 Å². The first-order valence-electron chi connectivity index (χ1n) is 11.2. The molecule has 0 unspecified atom stereocenters. The predicted molar refractivity (Wildman–Crippen MR) is 122 cm³/mol. The highest BCUT2D eigenvalue weighted by Crippen LogP contribution is 2.44. The molecule has 1 saturated carbocycles. The van der Waals surface area contributed by atoms with E-state index in [4.69, 9.17) is 9.15 Å². The first-order chi connectivity index (χ1) is 15.4. The third-order valence-electron chi connectivity index (χ3n) is 6.53. The lowest BCUT2D eigenvalue weighted by atomic mass is 9.69. The minimum Gasteiger partial charge on any atom is -0.502 e. The molecule has 0 atom stereocenters. The Bertz CT molecular complexity index is 1170. The number of aryl methyl sites for hydroxylation is 1. The van der Waals surface area contributed by atoms with Crippen LogP contribution in [0.15, 0.2) is 39.7 Å². The normalized spacial score (nSPS) is 15.6. The number of carbonyl (C=O) groups is 1. The second-order valence-corrected chi connectivity index (χ2v) is 8.74. The van der Waals surface area contributed by atoms with Gasteiger partial charge in [-0.15, -0.1) is 0 Å². The number of fused-ring (bicyclic) bond motifs is 1. The number of aromatic nitrogens is 1. The van der Waals surface area contributed by atoms with Gasteiger partial charge in [0.25, 0.3) is 0 Å². The van der Waals surface area contributed by atoms with Crippen LogP contribution in [0.25, 0.3) is 10.9 Å². The minimum absolute atomic E-state index is 0.104. The Morgan fingerprint density at radius 1 is 1.25 bits per heavy atom. The predicted octanol–water partition coefficient (Wildman–Crippen LogP) is 4.09. The molecule has 1 fully saturated rings.